The van der Waals surface area contributed by atoms with Gasteiger partial charge >= 0.3 is 0 Å². The smallest absolute Gasteiger partial charge is 0.123 e. The number of nitrogens with zero attached hydrogens (tertiary/aromatic N) is 1. The average molecular weight is 276 g/mol. The summed E-state index contributed by atoms with van der Waals surface area (Å²) in [6.07, 6.45) is 3.97. The lowest BCUT2D eigenvalue weighted by atomic mass is 9.91. The number of aryl methyl sites for hydroxylation is 1. The largest absolute Gasteiger partial charge is 0.330 e. The molecule has 0 bridgehead atoms. The lowest BCUT2D eigenvalue weighted by molar-refractivity contribution is 0.469. The van der Waals surface area contributed by atoms with Gasteiger partial charge < -0.3 is 5.73 Å². The normalized spacial score (nSPS) is 18.3. The number of fused-ring (bicyclic) bond motifs is 1. The summed E-state index contributed by atoms with van der Waals surface area (Å²) in [6.45, 7) is 0.760. The number of halogens is 1. The Bertz CT molecular complexity index is 579. The van der Waals surface area contributed by atoms with Crippen molar-refractivity contribution in [2.24, 2.45) is 11.7 Å². The second-order valence-corrected chi connectivity index (χ2v) is 6.30. The molecule has 1 atom stereocenters. The van der Waals surface area contributed by atoms with Crippen LogP contribution in [0, 0.1) is 11.7 Å². The molecule has 0 saturated heterocycles. The number of nitrogens with two attached hydrogens (primary N) is 1. The van der Waals surface area contributed by atoms with Gasteiger partial charge in [0.15, 0.2) is 0 Å². The van der Waals surface area contributed by atoms with Crippen molar-refractivity contribution in [3.8, 4) is 0 Å². The first kappa shape index (κ1) is 12.8. The Labute approximate surface area is 116 Å². The number of aromatic nitrogens is 1. The van der Waals surface area contributed by atoms with Gasteiger partial charge in [-0.25, -0.2) is 9.37 Å². The van der Waals surface area contributed by atoms with Crippen molar-refractivity contribution in [2.75, 3.05) is 6.54 Å². The minimum absolute atomic E-state index is 0.179. The fourth-order valence-corrected chi connectivity index (χ4v) is 3.86. The lowest BCUT2D eigenvalue weighted by Gasteiger charge is -2.18. The molecule has 19 heavy (non-hydrogen) atoms. The lowest BCUT2D eigenvalue weighted by Crippen LogP contribution is -2.21. The number of thiazole rings is 1. The van der Waals surface area contributed by atoms with E-state index in [1.165, 1.54) is 16.6 Å². The van der Waals surface area contributed by atoms with Gasteiger partial charge in [0.25, 0.3) is 0 Å². The highest BCUT2D eigenvalue weighted by molar-refractivity contribution is 7.11. The summed E-state index contributed by atoms with van der Waals surface area (Å²) in [5, 5.41) is 1.09. The molecule has 1 aliphatic rings. The van der Waals surface area contributed by atoms with Crippen LogP contribution >= 0.6 is 11.3 Å². The number of hydrogen-bond donors (Lipinski definition) is 1. The highest BCUT2D eigenvalue weighted by atomic mass is 32.1. The summed E-state index contributed by atoms with van der Waals surface area (Å²) < 4.78 is 13.2. The maximum absolute atomic E-state index is 13.2. The standard InChI is InChI=1S/C15H17FN2S/c16-12-3-1-2-10(6-12)8-15-18-13-5-4-11(9-17)7-14(13)19-15/h1-3,6,11H,4-5,7-9,17H2. The number of benzene rings is 1. The molecule has 100 valence electrons. The maximum atomic E-state index is 13.2. The predicted octanol–water partition coefficient (Wildman–Crippen LogP) is 2.94. The zero-order chi connectivity index (χ0) is 13.2. The molecule has 1 unspecified atom stereocenters. The molecule has 1 aromatic heterocycles. The van der Waals surface area contributed by atoms with Gasteiger partial charge in [-0.05, 0) is 49.4 Å². The topological polar surface area (TPSA) is 38.9 Å². The van der Waals surface area contributed by atoms with E-state index in [0.717, 1.165) is 42.8 Å². The summed E-state index contributed by atoms with van der Waals surface area (Å²) in [7, 11) is 0. The molecule has 2 N–H and O–H groups in total. The van der Waals surface area contributed by atoms with Gasteiger partial charge in [-0.15, -0.1) is 11.3 Å². The minimum Gasteiger partial charge on any atom is -0.330 e. The summed E-state index contributed by atoms with van der Waals surface area (Å²) >= 11 is 1.77. The van der Waals surface area contributed by atoms with Crippen molar-refractivity contribution in [1.82, 2.24) is 4.98 Å². The van der Waals surface area contributed by atoms with Crippen LogP contribution in [0.5, 0.6) is 0 Å². The van der Waals surface area contributed by atoms with Gasteiger partial charge in [-0.1, -0.05) is 12.1 Å². The van der Waals surface area contributed by atoms with E-state index in [4.69, 9.17) is 10.7 Å². The summed E-state index contributed by atoms with van der Waals surface area (Å²) in [4.78, 5) is 6.08. The molecular weight excluding hydrogens is 259 g/mol. The molecule has 2 aromatic rings. The molecule has 0 radical (unpaired) electrons. The molecule has 1 heterocycles. The Morgan fingerprint density at radius 3 is 3.11 bits per heavy atom. The third kappa shape index (κ3) is 2.85. The molecule has 2 nitrogen and oxygen atoms in total. The van der Waals surface area contributed by atoms with Crippen LogP contribution in [0.3, 0.4) is 0 Å². The van der Waals surface area contributed by atoms with Crippen LogP contribution in [0.25, 0.3) is 0 Å². The minimum atomic E-state index is -0.179. The van der Waals surface area contributed by atoms with Gasteiger partial charge in [0, 0.05) is 11.3 Å². The van der Waals surface area contributed by atoms with E-state index in [2.05, 4.69) is 0 Å². The Morgan fingerprint density at radius 2 is 2.32 bits per heavy atom. The van der Waals surface area contributed by atoms with Crippen molar-refractivity contribution < 1.29 is 4.39 Å². The number of hydrogen-bond acceptors (Lipinski definition) is 3. The van der Waals surface area contributed by atoms with Crippen molar-refractivity contribution in [2.45, 2.75) is 25.7 Å². The monoisotopic (exact) mass is 276 g/mol. The first-order valence-corrected chi connectivity index (χ1v) is 7.48. The Kier molecular flexibility index (Phi) is 3.62. The number of rotatable bonds is 3. The molecule has 0 saturated carbocycles. The van der Waals surface area contributed by atoms with E-state index in [-0.39, 0.29) is 5.82 Å². The SMILES string of the molecule is NCC1CCc2nc(Cc3cccc(F)c3)sc2C1. The highest BCUT2D eigenvalue weighted by Crippen LogP contribution is 2.30. The van der Waals surface area contributed by atoms with Crippen LogP contribution in [-0.2, 0) is 19.3 Å². The van der Waals surface area contributed by atoms with Crippen LogP contribution in [0.2, 0.25) is 0 Å². The second-order valence-electron chi connectivity index (χ2n) is 5.13. The molecule has 0 fully saturated rings. The third-order valence-electron chi connectivity index (χ3n) is 3.66. The zero-order valence-corrected chi connectivity index (χ0v) is 11.5. The van der Waals surface area contributed by atoms with Crippen LogP contribution in [-0.4, -0.2) is 11.5 Å². The fourth-order valence-electron chi connectivity index (χ4n) is 2.60. The predicted molar refractivity (Wildman–Crippen MR) is 75.9 cm³/mol. The zero-order valence-electron chi connectivity index (χ0n) is 10.7. The average Bonchev–Trinajstić information content (AvgIpc) is 2.79. The van der Waals surface area contributed by atoms with E-state index < -0.39 is 0 Å². The molecular formula is C15H17FN2S. The quantitative estimate of drug-likeness (QED) is 0.936. The van der Waals surface area contributed by atoms with Crippen LogP contribution < -0.4 is 5.73 Å². The van der Waals surface area contributed by atoms with E-state index in [1.54, 1.807) is 23.5 Å². The molecule has 0 spiro atoms. The van der Waals surface area contributed by atoms with Crippen molar-refractivity contribution >= 4 is 11.3 Å². The van der Waals surface area contributed by atoms with Gasteiger partial charge in [0.05, 0.1) is 10.7 Å². The molecule has 1 aliphatic carbocycles. The van der Waals surface area contributed by atoms with Gasteiger partial charge in [-0.2, -0.15) is 0 Å². The Balaban J connectivity index is 1.78. The first-order valence-electron chi connectivity index (χ1n) is 6.66. The van der Waals surface area contributed by atoms with Gasteiger partial charge in [0.1, 0.15) is 5.82 Å². The molecule has 0 amide bonds. The molecule has 1 aromatic carbocycles. The molecule has 3 rings (SSSR count). The van der Waals surface area contributed by atoms with Crippen LogP contribution in [0.1, 0.15) is 27.6 Å². The maximum Gasteiger partial charge on any atom is 0.123 e. The Hall–Kier alpha value is -1.26. The van der Waals surface area contributed by atoms with E-state index in [0.29, 0.717) is 5.92 Å². The summed E-state index contributed by atoms with van der Waals surface area (Å²) in [6, 6.07) is 6.76. The molecule has 0 aliphatic heterocycles. The Morgan fingerprint density at radius 1 is 1.42 bits per heavy atom. The van der Waals surface area contributed by atoms with Crippen molar-refractivity contribution in [1.29, 1.82) is 0 Å². The summed E-state index contributed by atoms with van der Waals surface area (Å²) in [5.41, 5.74) is 7.97. The molecule has 4 heteroatoms. The van der Waals surface area contributed by atoms with E-state index in [9.17, 15) is 4.39 Å². The summed E-state index contributed by atoms with van der Waals surface area (Å²) in [5.74, 6) is 0.428. The fraction of sp³-hybridized carbons (Fsp3) is 0.400. The van der Waals surface area contributed by atoms with Gasteiger partial charge in [0.2, 0.25) is 0 Å². The van der Waals surface area contributed by atoms with E-state index in [1.807, 2.05) is 6.07 Å². The van der Waals surface area contributed by atoms with Crippen LogP contribution in [0.15, 0.2) is 24.3 Å². The highest BCUT2D eigenvalue weighted by Gasteiger charge is 2.21. The van der Waals surface area contributed by atoms with Gasteiger partial charge in [-0.3, -0.25) is 0 Å². The first-order chi connectivity index (χ1) is 9.24. The second kappa shape index (κ2) is 5.39. The third-order valence-corrected chi connectivity index (χ3v) is 4.78. The van der Waals surface area contributed by atoms with Crippen molar-refractivity contribution in [3.63, 3.8) is 0 Å². The van der Waals surface area contributed by atoms with Crippen LogP contribution in [0.4, 0.5) is 4.39 Å². The van der Waals surface area contributed by atoms with E-state index >= 15 is 0 Å². The van der Waals surface area contributed by atoms with Crippen molar-refractivity contribution in [3.05, 3.63) is 51.2 Å².